The molecule has 4 rings (SSSR count). The van der Waals surface area contributed by atoms with Crippen molar-refractivity contribution in [3.05, 3.63) is 29.0 Å². The Balaban J connectivity index is 1.36. The normalized spacial score (nSPS) is 24.1. The molecule has 1 saturated heterocycles. The van der Waals surface area contributed by atoms with Crippen LogP contribution in [0.2, 0.25) is 0 Å². The van der Waals surface area contributed by atoms with Crippen LogP contribution in [0.3, 0.4) is 0 Å². The second kappa shape index (κ2) is 6.20. The summed E-state index contributed by atoms with van der Waals surface area (Å²) in [6, 6.07) is 0. The molecule has 2 atom stereocenters. The van der Waals surface area contributed by atoms with Gasteiger partial charge in [-0.1, -0.05) is 0 Å². The van der Waals surface area contributed by atoms with Crippen LogP contribution >= 0.6 is 11.3 Å². The minimum absolute atomic E-state index is 0.155. The maximum absolute atomic E-state index is 12.8. The zero-order valence-corrected chi connectivity index (χ0v) is 15.0. The van der Waals surface area contributed by atoms with Gasteiger partial charge in [-0.05, 0) is 31.2 Å². The van der Waals surface area contributed by atoms with Gasteiger partial charge in [-0.25, -0.2) is 4.98 Å². The average Bonchev–Trinajstić information content (AvgIpc) is 3.17. The molecule has 1 aliphatic heterocycles. The fourth-order valence-electron chi connectivity index (χ4n) is 3.52. The molecule has 2 aromatic heterocycles. The van der Waals surface area contributed by atoms with Crippen LogP contribution in [0.4, 0.5) is 5.13 Å². The topological polar surface area (TPSA) is 54.3 Å². The van der Waals surface area contributed by atoms with Gasteiger partial charge in [0.15, 0.2) is 5.13 Å². The maximum atomic E-state index is 12.8. The lowest BCUT2D eigenvalue weighted by Gasteiger charge is -2.22. The summed E-state index contributed by atoms with van der Waals surface area (Å²) in [6.07, 6.45) is 5.91. The Kier molecular flexibility index (Phi) is 4.04. The fraction of sp³-hybridized carbons (Fsp3) is 0.588. The van der Waals surface area contributed by atoms with Gasteiger partial charge >= 0.3 is 0 Å². The number of aromatic nitrogens is 3. The SMILES string of the molecule is Cc1csc(N2CCCN(C(=O)C3CC3c3cnn(C)c3)CC2)n1. The minimum Gasteiger partial charge on any atom is -0.346 e. The smallest absolute Gasteiger partial charge is 0.226 e. The summed E-state index contributed by atoms with van der Waals surface area (Å²) in [5.74, 6) is 0.844. The number of anilines is 1. The highest BCUT2D eigenvalue weighted by molar-refractivity contribution is 7.13. The molecule has 0 radical (unpaired) electrons. The molecule has 7 heteroatoms. The Morgan fingerprint density at radius 3 is 2.88 bits per heavy atom. The first kappa shape index (κ1) is 15.6. The zero-order chi connectivity index (χ0) is 16.7. The summed E-state index contributed by atoms with van der Waals surface area (Å²) < 4.78 is 1.81. The number of carbonyl (C=O) groups is 1. The lowest BCUT2D eigenvalue weighted by atomic mass is 10.2. The predicted octanol–water partition coefficient (Wildman–Crippen LogP) is 2.03. The van der Waals surface area contributed by atoms with E-state index in [2.05, 4.69) is 25.3 Å². The zero-order valence-electron chi connectivity index (χ0n) is 14.2. The number of carbonyl (C=O) groups excluding carboxylic acids is 1. The first-order valence-electron chi connectivity index (χ1n) is 8.56. The molecule has 2 aromatic rings. The van der Waals surface area contributed by atoms with Crippen LogP contribution in [0.5, 0.6) is 0 Å². The molecule has 0 N–H and O–H groups in total. The van der Waals surface area contributed by atoms with E-state index in [9.17, 15) is 4.79 Å². The number of hydrogen-bond acceptors (Lipinski definition) is 5. The first-order valence-corrected chi connectivity index (χ1v) is 9.44. The van der Waals surface area contributed by atoms with Crippen molar-refractivity contribution in [1.82, 2.24) is 19.7 Å². The highest BCUT2D eigenvalue weighted by atomic mass is 32.1. The molecule has 1 amide bonds. The summed E-state index contributed by atoms with van der Waals surface area (Å²) in [7, 11) is 1.92. The summed E-state index contributed by atoms with van der Waals surface area (Å²) >= 11 is 1.70. The van der Waals surface area contributed by atoms with E-state index < -0.39 is 0 Å². The van der Waals surface area contributed by atoms with E-state index in [0.717, 1.165) is 49.8 Å². The number of nitrogens with zero attached hydrogens (tertiary/aromatic N) is 5. The Hall–Kier alpha value is -1.89. The first-order chi connectivity index (χ1) is 11.6. The molecule has 2 aliphatic rings. The third-order valence-corrected chi connectivity index (χ3v) is 5.96. The van der Waals surface area contributed by atoms with Crippen LogP contribution in [0.1, 0.15) is 30.0 Å². The van der Waals surface area contributed by atoms with Gasteiger partial charge in [0.05, 0.1) is 11.9 Å². The predicted molar refractivity (Wildman–Crippen MR) is 94.3 cm³/mol. The van der Waals surface area contributed by atoms with E-state index in [4.69, 9.17) is 0 Å². The van der Waals surface area contributed by atoms with E-state index in [1.807, 2.05) is 31.0 Å². The van der Waals surface area contributed by atoms with Crippen LogP contribution in [-0.2, 0) is 11.8 Å². The van der Waals surface area contributed by atoms with Gasteiger partial charge in [-0.2, -0.15) is 5.10 Å². The molecule has 3 heterocycles. The lowest BCUT2D eigenvalue weighted by Crippen LogP contribution is -2.36. The van der Waals surface area contributed by atoms with Crippen molar-refractivity contribution in [3.63, 3.8) is 0 Å². The molecule has 0 spiro atoms. The number of thiazole rings is 1. The summed E-state index contributed by atoms with van der Waals surface area (Å²) in [4.78, 5) is 21.8. The lowest BCUT2D eigenvalue weighted by molar-refractivity contribution is -0.132. The van der Waals surface area contributed by atoms with Gasteiger partial charge < -0.3 is 9.80 Å². The molecule has 128 valence electrons. The van der Waals surface area contributed by atoms with E-state index in [0.29, 0.717) is 11.8 Å². The molecule has 2 unspecified atom stereocenters. The summed E-state index contributed by atoms with van der Waals surface area (Å²) in [6.45, 7) is 5.54. The Bertz CT molecular complexity index is 739. The highest BCUT2D eigenvalue weighted by Gasteiger charge is 2.46. The molecule has 1 saturated carbocycles. The van der Waals surface area contributed by atoms with Crippen molar-refractivity contribution in [2.45, 2.75) is 25.7 Å². The van der Waals surface area contributed by atoms with Gasteiger partial charge in [0.2, 0.25) is 5.91 Å². The molecular weight excluding hydrogens is 322 g/mol. The second-order valence-electron chi connectivity index (χ2n) is 6.83. The third-order valence-electron chi connectivity index (χ3n) is 4.95. The van der Waals surface area contributed by atoms with Gasteiger partial charge in [0, 0.05) is 50.7 Å². The van der Waals surface area contributed by atoms with Crippen molar-refractivity contribution in [2.24, 2.45) is 13.0 Å². The van der Waals surface area contributed by atoms with Gasteiger partial charge in [-0.15, -0.1) is 11.3 Å². The number of rotatable bonds is 3. The highest BCUT2D eigenvalue weighted by Crippen LogP contribution is 2.48. The quantitative estimate of drug-likeness (QED) is 0.854. The van der Waals surface area contributed by atoms with Crippen molar-refractivity contribution in [1.29, 1.82) is 0 Å². The number of hydrogen-bond donors (Lipinski definition) is 0. The standard InChI is InChI=1S/C17H23N5OS/c1-12-11-24-17(19-12)22-5-3-4-21(6-7-22)16(23)15-8-14(15)13-9-18-20(2)10-13/h9-11,14-15H,3-8H2,1-2H3. The maximum Gasteiger partial charge on any atom is 0.226 e. The summed E-state index contributed by atoms with van der Waals surface area (Å²) in [5, 5.41) is 7.40. The second-order valence-corrected chi connectivity index (χ2v) is 7.67. The average molecular weight is 345 g/mol. The number of amides is 1. The fourth-order valence-corrected chi connectivity index (χ4v) is 4.38. The van der Waals surface area contributed by atoms with Crippen molar-refractivity contribution in [2.75, 3.05) is 31.1 Å². The van der Waals surface area contributed by atoms with E-state index in [-0.39, 0.29) is 5.92 Å². The van der Waals surface area contributed by atoms with E-state index in [1.54, 1.807) is 11.3 Å². The van der Waals surface area contributed by atoms with Gasteiger partial charge in [0.1, 0.15) is 0 Å². The van der Waals surface area contributed by atoms with Crippen LogP contribution in [0.15, 0.2) is 17.8 Å². The Labute approximate surface area is 146 Å². The van der Waals surface area contributed by atoms with Crippen LogP contribution in [0.25, 0.3) is 0 Å². The third kappa shape index (κ3) is 3.05. The Morgan fingerprint density at radius 2 is 2.17 bits per heavy atom. The van der Waals surface area contributed by atoms with Crippen molar-refractivity contribution in [3.8, 4) is 0 Å². The van der Waals surface area contributed by atoms with Gasteiger partial charge in [0.25, 0.3) is 0 Å². The van der Waals surface area contributed by atoms with Crippen LogP contribution < -0.4 is 4.90 Å². The molecule has 24 heavy (non-hydrogen) atoms. The number of aryl methyl sites for hydroxylation is 2. The summed E-state index contributed by atoms with van der Waals surface area (Å²) in [5.41, 5.74) is 2.27. The molecule has 6 nitrogen and oxygen atoms in total. The van der Waals surface area contributed by atoms with Gasteiger partial charge in [-0.3, -0.25) is 9.48 Å². The molecule has 1 aliphatic carbocycles. The van der Waals surface area contributed by atoms with Crippen molar-refractivity contribution < 1.29 is 4.79 Å². The van der Waals surface area contributed by atoms with Crippen LogP contribution in [-0.4, -0.2) is 51.8 Å². The monoisotopic (exact) mass is 345 g/mol. The van der Waals surface area contributed by atoms with E-state index >= 15 is 0 Å². The largest absolute Gasteiger partial charge is 0.346 e. The minimum atomic E-state index is 0.155. The van der Waals surface area contributed by atoms with Crippen molar-refractivity contribution >= 4 is 22.4 Å². The molecule has 0 bridgehead atoms. The van der Waals surface area contributed by atoms with E-state index in [1.165, 1.54) is 5.56 Å². The molecular formula is C17H23N5OS. The molecule has 2 fully saturated rings. The van der Waals surface area contributed by atoms with Crippen LogP contribution in [0, 0.1) is 12.8 Å². The molecule has 0 aromatic carbocycles. The Morgan fingerprint density at radius 1 is 1.29 bits per heavy atom.